The van der Waals surface area contributed by atoms with Gasteiger partial charge in [-0.2, -0.15) is 0 Å². The van der Waals surface area contributed by atoms with Gasteiger partial charge in [-0.1, -0.05) is 0 Å². The quantitative estimate of drug-likeness (QED) is 0.0550. The summed E-state index contributed by atoms with van der Waals surface area (Å²) in [6.07, 6.45) is 5.49. The number of halogens is 1. The van der Waals surface area contributed by atoms with Crippen molar-refractivity contribution in [2.45, 2.75) is 45.3 Å². The molecule has 3 rings (SSSR count). The second kappa shape index (κ2) is 13.4. The second-order valence-electron chi connectivity index (χ2n) is 8.75. The van der Waals surface area contributed by atoms with Gasteiger partial charge in [-0.15, -0.1) is 0 Å². The summed E-state index contributed by atoms with van der Waals surface area (Å²) in [5, 5.41) is 16.7. The van der Waals surface area contributed by atoms with E-state index in [9.17, 15) is 14.7 Å². The van der Waals surface area contributed by atoms with E-state index >= 15 is 0 Å². The van der Waals surface area contributed by atoms with Crippen molar-refractivity contribution in [2.24, 2.45) is 16.9 Å². The molecule has 36 heavy (non-hydrogen) atoms. The number of benzene rings is 1. The fourth-order valence-corrected chi connectivity index (χ4v) is 6.90. The number of hydrogen-bond donors (Lipinski definition) is 4. The molecular weight excluding hydrogens is 573 g/mol. The molecule has 0 unspecified atom stereocenters. The van der Waals surface area contributed by atoms with E-state index in [1.807, 2.05) is 51.1 Å². The van der Waals surface area contributed by atoms with E-state index < -0.39 is 18.1 Å². The van der Waals surface area contributed by atoms with Crippen LogP contribution in [0, 0.1) is 5.92 Å². The van der Waals surface area contributed by atoms with Crippen molar-refractivity contribution in [1.82, 2.24) is 20.2 Å². The van der Waals surface area contributed by atoms with Crippen molar-refractivity contribution in [3.8, 4) is 11.3 Å². The van der Waals surface area contributed by atoms with E-state index in [1.54, 1.807) is 17.3 Å². The predicted octanol–water partition coefficient (Wildman–Crippen LogP) is -3.55. The number of aromatic nitrogens is 2. The Kier molecular flexibility index (Phi) is 10.3. The molecule has 5 N–H and O–H groups in total. The Morgan fingerprint density at radius 1 is 1.33 bits per heavy atom. The van der Waals surface area contributed by atoms with Gasteiger partial charge in [-0.05, 0) is 0 Å². The molecule has 11 heteroatoms. The molecule has 2 heterocycles. The summed E-state index contributed by atoms with van der Waals surface area (Å²) in [5.74, 6) is 5.05. The molecule has 3 atom stereocenters. The van der Waals surface area contributed by atoms with Crippen LogP contribution in [-0.2, 0) is 9.59 Å². The molecule has 0 aliphatic carbocycles. The number of alkyl halides is 2. The average Bonchev–Trinajstić information content (AvgIpc) is 3.40. The van der Waals surface area contributed by atoms with Crippen LogP contribution in [0.25, 0.3) is 11.3 Å². The number of nitrogens with one attached hydrogen (secondary N) is 2. The van der Waals surface area contributed by atoms with Crippen LogP contribution in [0.5, 0.6) is 0 Å². The van der Waals surface area contributed by atoms with E-state index in [2.05, 4.69) is 25.4 Å². The molecule has 0 spiro atoms. The van der Waals surface area contributed by atoms with E-state index in [1.165, 1.54) is 6.33 Å². The van der Waals surface area contributed by atoms with Crippen LogP contribution in [0.3, 0.4) is 0 Å². The molecule has 2 amide bonds. The van der Waals surface area contributed by atoms with Crippen molar-refractivity contribution in [3.05, 3.63) is 48.4 Å². The van der Waals surface area contributed by atoms with Crippen LogP contribution in [-0.4, -0.2) is 71.4 Å². The molecule has 1 aliphatic heterocycles. The maximum absolute atomic E-state index is 13.4. The number of rotatable bonds is 10. The van der Waals surface area contributed by atoms with Gasteiger partial charge in [0.15, 0.2) is 0 Å². The van der Waals surface area contributed by atoms with Crippen LogP contribution in [0.4, 0.5) is 0 Å². The SMILES string of the molecule is CC/C(C=[NH+][C@H](C(=O)N1C[I-]C[C@H]1C(=O)N[C@@H](CO)c1ccc(-c2ccncn2)cc1)C(C)C)=N/N. The summed E-state index contributed by atoms with van der Waals surface area (Å²) in [6, 6.07) is 7.72. The first-order chi connectivity index (χ1) is 17.4. The molecule has 194 valence electrons. The Hall–Kier alpha value is -2.93. The molecule has 1 fully saturated rings. The van der Waals surface area contributed by atoms with Gasteiger partial charge in [0.05, 0.1) is 0 Å². The third-order valence-electron chi connectivity index (χ3n) is 6.01. The van der Waals surface area contributed by atoms with Gasteiger partial charge in [0.1, 0.15) is 0 Å². The molecule has 10 nitrogen and oxygen atoms in total. The van der Waals surface area contributed by atoms with Crippen molar-refractivity contribution < 1.29 is 40.9 Å². The molecule has 1 aromatic heterocycles. The van der Waals surface area contributed by atoms with Gasteiger partial charge in [0.25, 0.3) is 0 Å². The van der Waals surface area contributed by atoms with Gasteiger partial charge < -0.3 is 0 Å². The van der Waals surface area contributed by atoms with Crippen LogP contribution in [0.1, 0.15) is 38.8 Å². The zero-order valence-electron chi connectivity index (χ0n) is 20.8. The van der Waals surface area contributed by atoms with Crippen LogP contribution < -0.4 is 37.4 Å². The first kappa shape index (κ1) is 27.7. The third kappa shape index (κ3) is 6.84. The number of aliphatic hydroxyl groups is 1. The number of nitrogens with two attached hydrogens (primary N) is 1. The number of hydrogen-bond acceptors (Lipinski definition) is 7. The number of aliphatic hydroxyl groups excluding tert-OH is 1. The summed E-state index contributed by atoms with van der Waals surface area (Å²) >= 11 is -0.308. The predicted molar refractivity (Wildman–Crippen MR) is 133 cm³/mol. The summed E-state index contributed by atoms with van der Waals surface area (Å²) < 4.78 is 1.30. The van der Waals surface area contributed by atoms with E-state index in [4.69, 9.17) is 5.84 Å². The van der Waals surface area contributed by atoms with E-state index in [0.29, 0.717) is 21.1 Å². The topological polar surface area (TPSA) is 148 Å². The molecule has 1 saturated heterocycles. The first-order valence-electron chi connectivity index (χ1n) is 11.9. The standard InChI is InChI=1S/C25H33IN7O3/c1-4-19(32-27)12-29-23(16(2)3)25(36)33-14-26-11-22(33)24(35)31-21(13-34)18-7-5-17(6-8-18)20-9-10-28-15-30-20/h5-10,12,15-16,21-23,34H,4,11,13-14,27H2,1-3H3,(H,31,35)/q-1/p+1/b29-12?,32-19-/t21-,22-,23-/m0/s1. The van der Waals surface area contributed by atoms with Crippen LogP contribution in [0.2, 0.25) is 0 Å². The van der Waals surface area contributed by atoms with Crippen molar-refractivity contribution >= 4 is 23.7 Å². The number of hydrazone groups is 1. The Bertz CT molecular complexity index is 1080. The fraction of sp³-hybridized carbons (Fsp3) is 0.440. The van der Waals surface area contributed by atoms with Crippen LogP contribution >= 0.6 is 0 Å². The Morgan fingerprint density at radius 2 is 2.08 bits per heavy atom. The molecule has 0 bridgehead atoms. The molecular formula is C25H34IN7O3. The molecule has 1 aromatic carbocycles. The zero-order valence-corrected chi connectivity index (χ0v) is 22.9. The minimum atomic E-state index is -0.576. The number of nitrogens with zero attached hydrogens (tertiary/aromatic N) is 4. The molecule has 2 aromatic rings. The van der Waals surface area contributed by atoms with E-state index in [-0.39, 0.29) is 45.5 Å². The Balaban J connectivity index is 1.71. The van der Waals surface area contributed by atoms with Gasteiger partial charge in [-0.3, -0.25) is 0 Å². The first-order valence-corrected chi connectivity index (χ1v) is 14.9. The maximum atomic E-state index is 13.4. The summed E-state index contributed by atoms with van der Waals surface area (Å²) in [4.78, 5) is 39.7. The number of amides is 2. The van der Waals surface area contributed by atoms with Crippen molar-refractivity contribution in [1.29, 1.82) is 0 Å². The molecule has 0 saturated carbocycles. The summed E-state index contributed by atoms with van der Waals surface area (Å²) in [5.41, 5.74) is 3.14. The van der Waals surface area contributed by atoms with Crippen molar-refractivity contribution in [3.63, 3.8) is 0 Å². The monoisotopic (exact) mass is 607 g/mol. The minimum absolute atomic E-state index is 0.00531. The Morgan fingerprint density at radius 3 is 2.67 bits per heavy atom. The average molecular weight is 607 g/mol. The van der Waals surface area contributed by atoms with Gasteiger partial charge in [0.2, 0.25) is 0 Å². The number of carbonyl (C=O) groups is 2. The third-order valence-corrected chi connectivity index (χ3v) is 8.69. The van der Waals surface area contributed by atoms with E-state index in [0.717, 1.165) is 16.8 Å². The molecule has 0 radical (unpaired) electrons. The van der Waals surface area contributed by atoms with Gasteiger partial charge >= 0.3 is 217 Å². The summed E-state index contributed by atoms with van der Waals surface area (Å²) in [6.45, 7) is 5.60. The fourth-order valence-electron chi connectivity index (χ4n) is 3.83. The molecule has 1 aliphatic rings. The summed E-state index contributed by atoms with van der Waals surface area (Å²) in [7, 11) is 0. The van der Waals surface area contributed by atoms with Gasteiger partial charge in [0, 0.05) is 0 Å². The second-order valence-corrected chi connectivity index (χ2v) is 11.4. The van der Waals surface area contributed by atoms with Gasteiger partial charge in [-0.25, -0.2) is 4.98 Å². The normalized spacial score (nSPS) is 18.2. The van der Waals surface area contributed by atoms with Crippen molar-refractivity contribution in [2.75, 3.05) is 15.6 Å². The Labute approximate surface area is 221 Å². The zero-order chi connectivity index (χ0) is 26.1. The van der Waals surface area contributed by atoms with Crippen LogP contribution in [0.15, 0.2) is 48.0 Å². The number of carbonyl (C=O) groups excluding carboxylic acids is 2.